The van der Waals surface area contributed by atoms with E-state index in [0.717, 1.165) is 11.3 Å². The minimum absolute atomic E-state index is 0.0798. The summed E-state index contributed by atoms with van der Waals surface area (Å²) in [6.07, 6.45) is 0. The monoisotopic (exact) mass is 405 g/mol. The Morgan fingerprint density at radius 2 is 1.96 bits per heavy atom. The van der Waals surface area contributed by atoms with Crippen molar-refractivity contribution in [2.75, 3.05) is 26.1 Å². The molecule has 1 aromatic carbocycles. The van der Waals surface area contributed by atoms with Crippen molar-refractivity contribution in [3.8, 4) is 11.5 Å². The summed E-state index contributed by atoms with van der Waals surface area (Å²) in [7, 11) is 1.33. The molecule has 8 heteroatoms. The lowest BCUT2D eigenvalue weighted by Crippen LogP contribution is -2.28. The van der Waals surface area contributed by atoms with Crippen molar-refractivity contribution in [1.82, 2.24) is 5.32 Å². The highest BCUT2D eigenvalue weighted by Gasteiger charge is 2.17. The predicted octanol–water partition coefficient (Wildman–Crippen LogP) is 3.26. The van der Waals surface area contributed by atoms with Crippen LogP contribution in [0.15, 0.2) is 28.7 Å². The Kier molecular flexibility index (Phi) is 6.51. The highest BCUT2D eigenvalue weighted by molar-refractivity contribution is 7.99. The molecule has 0 fully saturated rings. The van der Waals surface area contributed by atoms with E-state index in [-0.39, 0.29) is 17.7 Å². The second-order valence-electron chi connectivity index (χ2n) is 6.36. The van der Waals surface area contributed by atoms with E-state index >= 15 is 0 Å². The van der Waals surface area contributed by atoms with Crippen LogP contribution in [-0.4, -0.2) is 38.0 Å². The van der Waals surface area contributed by atoms with Gasteiger partial charge in [0, 0.05) is 0 Å². The number of hydrogen-bond donors (Lipinski definition) is 1. The predicted molar refractivity (Wildman–Crippen MR) is 105 cm³/mol. The third-order valence-corrected chi connectivity index (χ3v) is 5.25. The van der Waals surface area contributed by atoms with E-state index in [2.05, 4.69) is 5.32 Å². The van der Waals surface area contributed by atoms with Gasteiger partial charge in [-0.05, 0) is 37.6 Å². The average molecular weight is 405 g/mol. The van der Waals surface area contributed by atoms with E-state index in [0.29, 0.717) is 41.8 Å². The zero-order valence-corrected chi connectivity index (χ0v) is 16.9. The highest BCUT2D eigenvalue weighted by Crippen LogP contribution is 2.32. The normalized spacial score (nSPS) is 13.7. The van der Waals surface area contributed by atoms with Crippen molar-refractivity contribution in [2.45, 2.75) is 25.6 Å². The molecule has 2 heterocycles. The number of carbonyl (C=O) groups excluding carboxylic acids is 2. The molecule has 1 unspecified atom stereocenters. The fourth-order valence-electron chi connectivity index (χ4n) is 2.87. The molecule has 0 saturated carbocycles. The lowest BCUT2D eigenvalue weighted by atomic mass is 10.1. The number of nitrogens with one attached hydrogen (secondary N) is 1. The molecule has 0 spiro atoms. The number of hydrogen-bond acceptors (Lipinski definition) is 7. The molecular weight excluding hydrogens is 382 g/mol. The van der Waals surface area contributed by atoms with E-state index in [4.69, 9.17) is 18.6 Å². The maximum absolute atomic E-state index is 12.2. The first-order valence-corrected chi connectivity index (χ1v) is 10.1. The fraction of sp³-hybridized carbons (Fsp3) is 0.400. The van der Waals surface area contributed by atoms with Crippen LogP contribution in [0.3, 0.4) is 0 Å². The molecule has 1 aromatic heterocycles. The number of benzene rings is 1. The van der Waals surface area contributed by atoms with Crippen LogP contribution in [0.1, 0.15) is 40.4 Å². The number of ether oxygens (including phenoxy) is 3. The van der Waals surface area contributed by atoms with Crippen LogP contribution in [0.4, 0.5) is 0 Å². The van der Waals surface area contributed by atoms with E-state index in [9.17, 15) is 9.59 Å². The van der Waals surface area contributed by atoms with Crippen molar-refractivity contribution < 1.29 is 28.2 Å². The van der Waals surface area contributed by atoms with Crippen molar-refractivity contribution in [3.63, 3.8) is 0 Å². The van der Waals surface area contributed by atoms with Crippen LogP contribution in [0, 0.1) is 6.92 Å². The molecule has 0 radical (unpaired) electrons. The number of esters is 1. The Morgan fingerprint density at radius 1 is 1.21 bits per heavy atom. The Balaban J connectivity index is 1.48. The molecular formula is C20H23NO6S. The lowest BCUT2D eigenvalue weighted by Gasteiger charge is -2.21. The molecule has 3 rings (SSSR count). The summed E-state index contributed by atoms with van der Waals surface area (Å²) in [5.74, 6) is 2.84. The maximum atomic E-state index is 12.2. The summed E-state index contributed by atoms with van der Waals surface area (Å²) in [5, 5.41) is 2.97. The third-order valence-electron chi connectivity index (χ3n) is 4.30. The van der Waals surface area contributed by atoms with Gasteiger partial charge in [-0.2, -0.15) is 0 Å². The van der Waals surface area contributed by atoms with E-state index in [1.165, 1.54) is 18.9 Å². The van der Waals surface area contributed by atoms with Crippen molar-refractivity contribution >= 4 is 23.6 Å². The van der Waals surface area contributed by atoms with Gasteiger partial charge in [-0.25, -0.2) is 4.79 Å². The molecule has 1 N–H and O–H groups in total. The summed E-state index contributed by atoms with van der Waals surface area (Å²) in [6.45, 7) is 4.71. The van der Waals surface area contributed by atoms with Crippen molar-refractivity contribution in [2.24, 2.45) is 0 Å². The van der Waals surface area contributed by atoms with Gasteiger partial charge in [-0.1, -0.05) is 6.07 Å². The first kappa shape index (κ1) is 20.1. The number of methoxy groups -OCH3 is 1. The number of aryl methyl sites for hydroxylation is 1. The highest BCUT2D eigenvalue weighted by atomic mass is 32.2. The molecule has 1 aliphatic rings. The molecule has 1 amide bonds. The number of carbonyl (C=O) groups is 2. The number of rotatable bonds is 7. The van der Waals surface area contributed by atoms with Crippen molar-refractivity contribution in [3.05, 3.63) is 46.9 Å². The van der Waals surface area contributed by atoms with Crippen LogP contribution in [0.25, 0.3) is 0 Å². The van der Waals surface area contributed by atoms with Gasteiger partial charge in [0.25, 0.3) is 0 Å². The standard InChI is InChI=1S/C20H23NO6S/c1-12(14-4-5-17-18(8-14)26-7-6-25-17)21-19(22)11-28-10-15-9-16(13(2)27-15)20(23)24-3/h4-5,8-9,12H,6-7,10-11H2,1-3H3,(H,21,22). The lowest BCUT2D eigenvalue weighted by molar-refractivity contribution is -0.119. The molecule has 28 heavy (non-hydrogen) atoms. The van der Waals surface area contributed by atoms with Gasteiger partial charge in [0.15, 0.2) is 11.5 Å². The van der Waals surface area contributed by atoms with Crippen LogP contribution in [0.5, 0.6) is 11.5 Å². The maximum Gasteiger partial charge on any atom is 0.341 e. The first-order chi connectivity index (χ1) is 13.5. The summed E-state index contributed by atoms with van der Waals surface area (Å²) in [6, 6.07) is 7.18. The zero-order chi connectivity index (χ0) is 20.1. The van der Waals surface area contributed by atoms with Gasteiger partial charge in [0.1, 0.15) is 30.3 Å². The molecule has 0 aliphatic carbocycles. The van der Waals surface area contributed by atoms with Crippen molar-refractivity contribution in [1.29, 1.82) is 0 Å². The minimum atomic E-state index is -0.427. The molecule has 2 aromatic rings. The molecule has 0 saturated heterocycles. The summed E-state index contributed by atoms with van der Waals surface area (Å²) >= 11 is 1.41. The largest absolute Gasteiger partial charge is 0.486 e. The third kappa shape index (κ3) is 4.81. The molecule has 1 atom stereocenters. The van der Waals surface area contributed by atoms with Crippen LogP contribution < -0.4 is 14.8 Å². The van der Waals surface area contributed by atoms with E-state index < -0.39 is 5.97 Å². The van der Waals surface area contributed by atoms with Gasteiger partial charge in [0.05, 0.1) is 24.7 Å². The van der Waals surface area contributed by atoms with Gasteiger partial charge in [-0.3, -0.25) is 4.79 Å². The van der Waals surface area contributed by atoms with E-state index in [1.807, 2.05) is 25.1 Å². The van der Waals surface area contributed by atoms with Crippen LogP contribution in [-0.2, 0) is 15.3 Å². The van der Waals surface area contributed by atoms with Gasteiger partial charge in [0.2, 0.25) is 5.91 Å². The molecule has 1 aliphatic heterocycles. The Morgan fingerprint density at radius 3 is 2.71 bits per heavy atom. The van der Waals surface area contributed by atoms with Gasteiger partial charge < -0.3 is 23.9 Å². The summed E-state index contributed by atoms with van der Waals surface area (Å²) in [5.41, 5.74) is 1.36. The Bertz CT molecular complexity index is 862. The van der Waals surface area contributed by atoms with E-state index in [1.54, 1.807) is 13.0 Å². The molecule has 0 bridgehead atoms. The number of thioether (sulfide) groups is 1. The smallest absolute Gasteiger partial charge is 0.341 e. The fourth-order valence-corrected chi connectivity index (χ4v) is 3.58. The quantitative estimate of drug-likeness (QED) is 0.708. The Labute approximate surface area is 167 Å². The number of furan rings is 1. The van der Waals surface area contributed by atoms with Crippen LogP contribution in [0.2, 0.25) is 0 Å². The van der Waals surface area contributed by atoms with Gasteiger partial charge in [-0.15, -0.1) is 11.8 Å². The van der Waals surface area contributed by atoms with Gasteiger partial charge >= 0.3 is 5.97 Å². The summed E-state index contributed by atoms with van der Waals surface area (Å²) in [4.78, 5) is 23.8. The SMILES string of the molecule is COC(=O)c1cc(CSCC(=O)NC(C)c2ccc3c(c2)OCCO3)oc1C. The zero-order valence-electron chi connectivity index (χ0n) is 16.1. The number of fused-ring (bicyclic) bond motifs is 1. The van der Waals surface area contributed by atoms with Crippen LogP contribution >= 0.6 is 11.8 Å². The summed E-state index contributed by atoms with van der Waals surface area (Å²) < 4.78 is 21.3. The average Bonchev–Trinajstić information content (AvgIpc) is 3.07. The second kappa shape index (κ2) is 9.05. The minimum Gasteiger partial charge on any atom is -0.486 e. The topological polar surface area (TPSA) is 87.0 Å². The Hall–Kier alpha value is -2.61. The first-order valence-electron chi connectivity index (χ1n) is 8.92. The molecule has 7 nitrogen and oxygen atoms in total. The molecule has 150 valence electrons. The second-order valence-corrected chi connectivity index (χ2v) is 7.34. The number of amides is 1.